The van der Waals surface area contributed by atoms with Crippen LogP contribution in [0.4, 0.5) is 0 Å². The fourth-order valence-electron chi connectivity index (χ4n) is 2.79. The highest BCUT2D eigenvalue weighted by atomic mass is 35.5. The standard InChI is InChI=1S/C15H27N3O4S4.ClH/c1-11(2)5-6-17-13-10-18(7-4-8-23-3)26(21,22)15-12(13)9-14(24-15)25(16,19)20;/h9,11,13,17H,4-8,10H2,1-3H3,(H2,16,19,20);1H. The topological polar surface area (TPSA) is 110 Å². The lowest BCUT2D eigenvalue weighted by molar-refractivity contribution is 0.337. The van der Waals surface area contributed by atoms with Gasteiger partial charge in [-0.2, -0.15) is 16.1 Å². The van der Waals surface area contributed by atoms with E-state index in [9.17, 15) is 16.8 Å². The monoisotopic (exact) mass is 477 g/mol. The molecule has 1 aliphatic rings. The van der Waals surface area contributed by atoms with E-state index in [1.807, 2.05) is 6.26 Å². The molecule has 158 valence electrons. The van der Waals surface area contributed by atoms with Crippen molar-refractivity contribution >= 4 is 55.6 Å². The minimum atomic E-state index is -3.94. The lowest BCUT2D eigenvalue weighted by atomic mass is 10.1. The molecule has 7 nitrogen and oxygen atoms in total. The number of thioether (sulfide) groups is 1. The van der Waals surface area contributed by atoms with Crippen LogP contribution in [0.1, 0.15) is 38.3 Å². The molecule has 0 aliphatic carbocycles. The average Bonchev–Trinajstić information content (AvgIpc) is 2.98. The number of nitrogens with zero attached hydrogens (tertiary/aromatic N) is 1. The number of hydrogen-bond acceptors (Lipinski definition) is 7. The maximum atomic E-state index is 12.9. The molecule has 2 rings (SSSR count). The first kappa shape index (κ1) is 25.2. The molecular formula is C15H28ClN3O4S4. The first-order valence-electron chi connectivity index (χ1n) is 8.46. The van der Waals surface area contributed by atoms with Crippen molar-refractivity contribution in [2.45, 2.75) is 41.1 Å². The molecule has 0 spiro atoms. The molecule has 1 aromatic rings. The number of rotatable bonds is 9. The van der Waals surface area contributed by atoms with Crippen LogP contribution >= 0.6 is 35.5 Å². The van der Waals surface area contributed by atoms with E-state index in [1.54, 1.807) is 11.8 Å². The van der Waals surface area contributed by atoms with Gasteiger partial charge in [0.1, 0.15) is 8.42 Å². The lowest BCUT2D eigenvalue weighted by Gasteiger charge is -2.32. The van der Waals surface area contributed by atoms with Crippen molar-refractivity contribution in [3.8, 4) is 0 Å². The molecule has 0 saturated heterocycles. The summed E-state index contributed by atoms with van der Waals surface area (Å²) in [7, 11) is -7.63. The molecule has 1 atom stereocenters. The van der Waals surface area contributed by atoms with Gasteiger partial charge in [-0.15, -0.1) is 23.7 Å². The van der Waals surface area contributed by atoms with Gasteiger partial charge >= 0.3 is 0 Å². The second-order valence-corrected chi connectivity index (χ2v) is 12.7. The van der Waals surface area contributed by atoms with Gasteiger partial charge in [-0.25, -0.2) is 22.0 Å². The van der Waals surface area contributed by atoms with Crippen LogP contribution in [0.25, 0.3) is 0 Å². The van der Waals surface area contributed by atoms with Crippen molar-refractivity contribution in [1.29, 1.82) is 0 Å². The third-order valence-corrected chi connectivity index (χ3v) is 9.85. The van der Waals surface area contributed by atoms with E-state index < -0.39 is 20.0 Å². The van der Waals surface area contributed by atoms with Crippen LogP contribution in [-0.4, -0.2) is 52.8 Å². The summed E-state index contributed by atoms with van der Waals surface area (Å²) in [6.45, 7) is 5.71. The van der Waals surface area contributed by atoms with E-state index in [2.05, 4.69) is 19.2 Å². The van der Waals surface area contributed by atoms with Crippen LogP contribution in [0, 0.1) is 5.92 Å². The maximum Gasteiger partial charge on any atom is 0.252 e. The molecule has 1 aromatic heterocycles. The molecule has 0 radical (unpaired) electrons. The van der Waals surface area contributed by atoms with Crippen molar-refractivity contribution in [3.63, 3.8) is 0 Å². The van der Waals surface area contributed by atoms with E-state index in [-0.39, 0.29) is 26.9 Å². The minimum absolute atomic E-state index is 0. The highest BCUT2D eigenvalue weighted by Crippen LogP contribution is 2.40. The Bertz CT molecular complexity index is 824. The van der Waals surface area contributed by atoms with Gasteiger partial charge in [-0.1, -0.05) is 13.8 Å². The van der Waals surface area contributed by atoms with E-state index in [4.69, 9.17) is 5.14 Å². The van der Waals surface area contributed by atoms with Gasteiger partial charge in [0.25, 0.3) is 10.0 Å². The van der Waals surface area contributed by atoms with E-state index in [0.29, 0.717) is 24.6 Å². The zero-order chi connectivity index (χ0) is 19.5. The molecule has 0 aromatic carbocycles. The number of nitrogens with two attached hydrogens (primary N) is 1. The van der Waals surface area contributed by atoms with Gasteiger partial charge in [-0.05, 0) is 43.4 Å². The molecule has 0 bridgehead atoms. The Morgan fingerprint density at radius 1 is 1.44 bits per heavy atom. The Balaban J connectivity index is 0.00000364. The minimum Gasteiger partial charge on any atom is -0.309 e. The normalized spacial score (nSPS) is 19.7. The lowest BCUT2D eigenvalue weighted by Crippen LogP contribution is -2.44. The molecule has 1 aliphatic heterocycles. The molecule has 0 amide bonds. The van der Waals surface area contributed by atoms with E-state index >= 15 is 0 Å². The van der Waals surface area contributed by atoms with E-state index in [1.165, 1.54) is 10.4 Å². The van der Waals surface area contributed by atoms with Crippen LogP contribution in [-0.2, 0) is 20.0 Å². The Labute approximate surface area is 177 Å². The summed E-state index contributed by atoms with van der Waals surface area (Å²) in [5, 5.41) is 8.62. The number of hydrogen-bond donors (Lipinski definition) is 2. The molecular weight excluding hydrogens is 450 g/mol. The van der Waals surface area contributed by atoms with Gasteiger partial charge in [0.05, 0.1) is 0 Å². The molecule has 1 unspecified atom stereocenters. The van der Waals surface area contributed by atoms with Gasteiger partial charge in [-0.3, -0.25) is 0 Å². The van der Waals surface area contributed by atoms with Crippen LogP contribution in [0.5, 0.6) is 0 Å². The molecule has 12 heteroatoms. The molecule has 0 fully saturated rings. The molecule has 27 heavy (non-hydrogen) atoms. The highest BCUT2D eigenvalue weighted by molar-refractivity contribution is 7.98. The van der Waals surface area contributed by atoms with Crippen molar-refractivity contribution in [2.75, 3.05) is 31.6 Å². The molecule has 3 N–H and O–H groups in total. The summed E-state index contributed by atoms with van der Waals surface area (Å²) in [5.74, 6) is 1.39. The fourth-order valence-corrected chi connectivity index (χ4v) is 7.51. The van der Waals surface area contributed by atoms with Crippen LogP contribution in [0.15, 0.2) is 14.5 Å². The Morgan fingerprint density at radius 2 is 2.11 bits per heavy atom. The average molecular weight is 478 g/mol. The van der Waals surface area contributed by atoms with Crippen LogP contribution in [0.2, 0.25) is 0 Å². The third-order valence-electron chi connectivity index (χ3n) is 4.19. The predicted molar refractivity (Wildman–Crippen MR) is 115 cm³/mol. The second-order valence-electron chi connectivity index (χ2n) is 6.75. The van der Waals surface area contributed by atoms with Gasteiger partial charge in [0, 0.05) is 24.7 Å². The number of halogens is 1. The van der Waals surface area contributed by atoms with Crippen LogP contribution < -0.4 is 10.5 Å². The summed E-state index contributed by atoms with van der Waals surface area (Å²) in [5.41, 5.74) is 0.517. The number of sulfonamides is 2. The van der Waals surface area contributed by atoms with Crippen molar-refractivity contribution in [1.82, 2.24) is 9.62 Å². The van der Waals surface area contributed by atoms with Gasteiger partial charge < -0.3 is 5.32 Å². The highest BCUT2D eigenvalue weighted by Gasteiger charge is 2.39. The van der Waals surface area contributed by atoms with Gasteiger partial charge in [0.15, 0.2) is 0 Å². The Hall–Kier alpha value is 0.120. The number of nitrogens with one attached hydrogen (secondary N) is 1. The van der Waals surface area contributed by atoms with Gasteiger partial charge in [0.2, 0.25) is 10.0 Å². The van der Waals surface area contributed by atoms with E-state index in [0.717, 1.165) is 36.5 Å². The zero-order valence-corrected chi connectivity index (χ0v) is 19.8. The largest absolute Gasteiger partial charge is 0.309 e. The fraction of sp³-hybridized carbons (Fsp3) is 0.733. The first-order valence-corrected chi connectivity index (χ1v) is 13.7. The summed E-state index contributed by atoms with van der Waals surface area (Å²) in [6.07, 6.45) is 3.69. The third kappa shape index (κ3) is 6.30. The van der Waals surface area contributed by atoms with Crippen molar-refractivity contribution in [3.05, 3.63) is 11.6 Å². The Morgan fingerprint density at radius 3 is 2.67 bits per heavy atom. The summed E-state index contributed by atoms with van der Waals surface area (Å²) >= 11 is 2.42. The second kappa shape index (κ2) is 10.2. The molecule has 0 saturated carbocycles. The summed E-state index contributed by atoms with van der Waals surface area (Å²) in [6, 6.07) is 1.19. The van der Waals surface area contributed by atoms with Crippen molar-refractivity contribution < 1.29 is 16.8 Å². The zero-order valence-electron chi connectivity index (χ0n) is 15.7. The summed E-state index contributed by atoms with van der Waals surface area (Å²) < 4.78 is 50.8. The quantitative estimate of drug-likeness (QED) is 0.528. The van der Waals surface area contributed by atoms with Crippen LogP contribution in [0.3, 0.4) is 0 Å². The number of fused-ring (bicyclic) bond motifs is 1. The number of thiophene rings is 1. The Kier molecular flexibility index (Phi) is 9.54. The maximum absolute atomic E-state index is 12.9. The smallest absolute Gasteiger partial charge is 0.252 e. The molecule has 2 heterocycles. The first-order chi connectivity index (χ1) is 12.1. The summed E-state index contributed by atoms with van der Waals surface area (Å²) in [4.78, 5) is 0. The predicted octanol–water partition coefficient (Wildman–Crippen LogP) is 2.25. The van der Waals surface area contributed by atoms with Crippen molar-refractivity contribution in [2.24, 2.45) is 11.1 Å². The number of primary sulfonamides is 1. The SMILES string of the molecule is CSCCCN1CC(NCCC(C)C)c2cc(S(N)(=O)=O)sc2S1(=O)=O.Cl.